The van der Waals surface area contributed by atoms with Crippen LogP contribution in [-0.4, -0.2) is 29.0 Å². The van der Waals surface area contributed by atoms with Crippen LogP contribution in [0.1, 0.15) is 12.8 Å². The minimum atomic E-state index is -0.215. The Bertz CT molecular complexity index is 387. The lowest BCUT2D eigenvalue weighted by atomic mass is 9.96. The molecule has 2 heterocycles. The van der Waals surface area contributed by atoms with Crippen molar-refractivity contribution in [2.45, 2.75) is 12.8 Å². The summed E-state index contributed by atoms with van der Waals surface area (Å²) in [6, 6.07) is 1.65. The molecule has 0 saturated carbocycles. The Balaban J connectivity index is 2.01. The van der Waals surface area contributed by atoms with E-state index in [4.69, 9.17) is 11.5 Å². The molecule has 1 aromatic heterocycles. The molecule has 2 rings (SSSR count). The molecule has 1 amide bonds. The van der Waals surface area contributed by atoms with Gasteiger partial charge in [0.05, 0.1) is 0 Å². The van der Waals surface area contributed by atoms with Crippen LogP contribution in [0.25, 0.3) is 0 Å². The average Bonchev–Trinajstić information content (AvgIpc) is 2.29. The number of nitrogens with two attached hydrogens (primary N) is 2. The van der Waals surface area contributed by atoms with Gasteiger partial charge in [0.2, 0.25) is 11.9 Å². The van der Waals surface area contributed by atoms with Gasteiger partial charge in [-0.15, -0.1) is 0 Å². The van der Waals surface area contributed by atoms with Gasteiger partial charge in [0.25, 0.3) is 0 Å². The van der Waals surface area contributed by atoms with E-state index in [1.54, 1.807) is 12.3 Å². The summed E-state index contributed by atoms with van der Waals surface area (Å²) in [4.78, 5) is 21.3. The molecular formula is C10H15N5O. The Labute approximate surface area is 93.7 Å². The van der Waals surface area contributed by atoms with Crippen molar-refractivity contribution in [3.8, 4) is 0 Å². The van der Waals surface area contributed by atoms with E-state index in [9.17, 15) is 4.79 Å². The predicted octanol–water partition coefficient (Wildman–Crippen LogP) is -0.240. The predicted molar refractivity (Wildman–Crippen MR) is 60.6 cm³/mol. The van der Waals surface area contributed by atoms with Gasteiger partial charge in [-0.25, -0.2) is 4.98 Å². The summed E-state index contributed by atoms with van der Waals surface area (Å²) in [5.74, 6) is 0.857. The summed E-state index contributed by atoms with van der Waals surface area (Å²) in [5.41, 5.74) is 10.9. The summed E-state index contributed by atoms with van der Waals surface area (Å²) in [6.07, 6.45) is 3.15. The minimum absolute atomic E-state index is 0.0164. The first-order valence-corrected chi connectivity index (χ1v) is 5.29. The second-order valence-corrected chi connectivity index (χ2v) is 3.95. The molecule has 0 spiro atoms. The van der Waals surface area contributed by atoms with Crippen LogP contribution in [0.4, 0.5) is 11.8 Å². The van der Waals surface area contributed by atoms with Gasteiger partial charge in [0.15, 0.2) is 0 Å². The first-order chi connectivity index (χ1) is 7.66. The van der Waals surface area contributed by atoms with E-state index in [1.807, 2.05) is 4.90 Å². The van der Waals surface area contributed by atoms with Crippen LogP contribution < -0.4 is 16.4 Å². The topological polar surface area (TPSA) is 98.1 Å². The normalized spacial score (nSPS) is 17.4. The van der Waals surface area contributed by atoms with E-state index >= 15 is 0 Å². The molecule has 6 nitrogen and oxygen atoms in total. The van der Waals surface area contributed by atoms with Crippen molar-refractivity contribution in [3.05, 3.63) is 12.3 Å². The van der Waals surface area contributed by atoms with Gasteiger partial charge in [-0.1, -0.05) is 0 Å². The lowest BCUT2D eigenvalue weighted by molar-refractivity contribution is -0.122. The van der Waals surface area contributed by atoms with E-state index in [0.717, 1.165) is 25.9 Å². The molecule has 86 valence electrons. The van der Waals surface area contributed by atoms with Crippen LogP contribution in [0, 0.1) is 5.92 Å². The highest BCUT2D eigenvalue weighted by Crippen LogP contribution is 2.20. The molecule has 0 unspecified atom stereocenters. The summed E-state index contributed by atoms with van der Waals surface area (Å²) in [5, 5.41) is 0. The Morgan fingerprint density at radius 3 is 2.69 bits per heavy atom. The van der Waals surface area contributed by atoms with Gasteiger partial charge >= 0.3 is 0 Å². The maximum atomic E-state index is 11.0. The third-order valence-corrected chi connectivity index (χ3v) is 2.84. The van der Waals surface area contributed by atoms with E-state index in [-0.39, 0.29) is 11.8 Å². The van der Waals surface area contributed by atoms with Gasteiger partial charge in [-0.05, 0) is 18.9 Å². The second kappa shape index (κ2) is 4.34. The van der Waals surface area contributed by atoms with E-state index in [0.29, 0.717) is 11.8 Å². The number of primary amides is 1. The number of carbonyl (C=O) groups excluding carboxylic acids is 1. The van der Waals surface area contributed by atoms with Gasteiger partial charge in [0, 0.05) is 25.2 Å². The van der Waals surface area contributed by atoms with Crippen LogP contribution >= 0.6 is 0 Å². The Morgan fingerprint density at radius 2 is 2.12 bits per heavy atom. The van der Waals surface area contributed by atoms with Gasteiger partial charge in [0.1, 0.15) is 5.82 Å². The van der Waals surface area contributed by atoms with Crippen molar-refractivity contribution in [3.63, 3.8) is 0 Å². The highest BCUT2D eigenvalue weighted by atomic mass is 16.1. The number of rotatable bonds is 2. The zero-order valence-corrected chi connectivity index (χ0v) is 8.97. The van der Waals surface area contributed by atoms with Crippen LogP contribution in [0.3, 0.4) is 0 Å². The molecular weight excluding hydrogens is 206 g/mol. The van der Waals surface area contributed by atoms with Gasteiger partial charge in [-0.3, -0.25) is 4.79 Å². The quantitative estimate of drug-likeness (QED) is 0.718. The number of nitrogen functional groups attached to an aromatic ring is 1. The molecule has 1 fully saturated rings. The fourth-order valence-corrected chi connectivity index (χ4v) is 1.88. The summed E-state index contributed by atoms with van der Waals surface area (Å²) >= 11 is 0. The van der Waals surface area contributed by atoms with Crippen molar-refractivity contribution >= 4 is 17.7 Å². The smallest absolute Gasteiger partial charge is 0.227 e. The lowest BCUT2D eigenvalue weighted by Crippen LogP contribution is -2.39. The molecule has 1 aliphatic rings. The summed E-state index contributed by atoms with van der Waals surface area (Å²) < 4.78 is 0. The first-order valence-electron chi connectivity index (χ1n) is 5.29. The zero-order valence-electron chi connectivity index (χ0n) is 8.97. The van der Waals surface area contributed by atoms with Crippen LogP contribution in [0.15, 0.2) is 12.3 Å². The monoisotopic (exact) mass is 221 g/mol. The van der Waals surface area contributed by atoms with Gasteiger partial charge < -0.3 is 16.4 Å². The number of nitrogens with zero attached hydrogens (tertiary/aromatic N) is 3. The molecule has 1 saturated heterocycles. The maximum Gasteiger partial charge on any atom is 0.227 e. The van der Waals surface area contributed by atoms with Crippen LogP contribution in [-0.2, 0) is 4.79 Å². The molecule has 4 N–H and O–H groups in total. The van der Waals surface area contributed by atoms with Crippen LogP contribution in [0.5, 0.6) is 0 Å². The largest absolute Gasteiger partial charge is 0.384 e. The number of amides is 1. The third-order valence-electron chi connectivity index (χ3n) is 2.84. The lowest BCUT2D eigenvalue weighted by Gasteiger charge is -2.30. The Morgan fingerprint density at radius 1 is 1.44 bits per heavy atom. The highest BCUT2D eigenvalue weighted by molar-refractivity contribution is 5.76. The fraction of sp³-hybridized carbons (Fsp3) is 0.500. The molecule has 6 heteroatoms. The molecule has 0 aliphatic carbocycles. The minimum Gasteiger partial charge on any atom is -0.384 e. The molecule has 16 heavy (non-hydrogen) atoms. The Kier molecular flexibility index (Phi) is 2.89. The summed E-state index contributed by atoms with van der Waals surface area (Å²) in [6.45, 7) is 1.49. The van der Waals surface area contributed by atoms with E-state index in [2.05, 4.69) is 9.97 Å². The summed E-state index contributed by atoms with van der Waals surface area (Å²) in [7, 11) is 0. The molecule has 1 aromatic rings. The van der Waals surface area contributed by atoms with Crippen molar-refractivity contribution in [1.82, 2.24) is 9.97 Å². The Hall–Kier alpha value is -1.85. The molecule has 0 bridgehead atoms. The van der Waals surface area contributed by atoms with Gasteiger partial charge in [-0.2, -0.15) is 4.98 Å². The second-order valence-electron chi connectivity index (χ2n) is 3.95. The third kappa shape index (κ3) is 2.21. The van der Waals surface area contributed by atoms with E-state index < -0.39 is 0 Å². The van der Waals surface area contributed by atoms with Crippen molar-refractivity contribution in [2.24, 2.45) is 11.7 Å². The highest BCUT2D eigenvalue weighted by Gasteiger charge is 2.24. The number of aromatic nitrogens is 2. The maximum absolute atomic E-state index is 11.0. The number of hydrogen-bond donors (Lipinski definition) is 2. The fourth-order valence-electron chi connectivity index (χ4n) is 1.88. The SMILES string of the molecule is NC(=O)C1CCN(c2nccc(N)n2)CC1. The first kappa shape index (κ1) is 10.7. The molecule has 0 radical (unpaired) electrons. The number of carbonyl (C=O) groups is 1. The standard InChI is InChI=1S/C10H15N5O/c11-8-1-4-13-10(14-8)15-5-2-7(3-6-15)9(12)16/h1,4,7H,2-3,5-6H2,(H2,12,16)(H2,11,13,14). The molecule has 0 aromatic carbocycles. The number of anilines is 2. The number of hydrogen-bond acceptors (Lipinski definition) is 5. The molecule has 0 atom stereocenters. The van der Waals surface area contributed by atoms with Crippen LogP contribution in [0.2, 0.25) is 0 Å². The average molecular weight is 221 g/mol. The van der Waals surface area contributed by atoms with Crippen molar-refractivity contribution in [2.75, 3.05) is 23.7 Å². The van der Waals surface area contributed by atoms with Crippen molar-refractivity contribution < 1.29 is 4.79 Å². The van der Waals surface area contributed by atoms with E-state index in [1.165, 1.54) is 0 Å². The number of piperidine rings is 1. The van der Waals surface area contributed by atoms with Crippen molar-refractivity contribution in [1.29, 1.82) is 0 Å². The zero-order chi connectivity index (χ0) is 11.5. The molecule has 1 aliphatic heterocycles.